The Hall–Kier alpha value is -2.78. The second-order valence-electron chi connectivity index (χ2n) is 10.8. The van der Waals surface area contributed by atoms with E-state index in [2.05, 4.69) is 18.7 Å². The van der Waals surface area contributed by atoms with Crippen LogP contribution in [0.2, 0.25) is 0 Å². The lowest BCUT2D eigenvalue weighted by molar-refractivity contribution is -0.152. The molecule has 39 heavy (non-hydrogen) atoms. The molecular formula is C30H39N3O5S. The van der Waals surface area contributed by atoms with Crippen LogP contribution in [0.25, 0.3) is 0 Å². The Morgan fingerprint density at radius 3 is 2.46 bits per heavy atom. The quantitative estimate of drug-likeness (QED) is 0.390. The van der Waals surface area contributed by atoms with Crippen LogP contribution in [0.1, 0.15) is 34.1 Å². The standard InChI is InChI=1S/C30H39N3O5S/c1-5-19(4)22(18-34)33-26-28(36)32(21-13-11-20(12-14-21)31(6-2)7-3)16-9-15-30(26)25(27(33)35)24-23(39-30)10-8-17-38-29(24)37/h8-15,19,22-26,34H,5-7,16-18H2,1-4H3/t19-,22-,23-,24+,25-,26?,30-/m0/s1. The fraction of sp³-hybridized carbons (Fsp3) is 0.567. The maximum absolute atomic E-state index is 14.6. The lowest BCUT2D eigenvalue weighted by Crippen LogP contribution is -2.58. The Morgan fingerprint density at radius 2 is 1.82 bits per heavy atom. The topological polar surface area (TPSA) is 90.4 Å². The molecule has 210 valence electrons. The Kier molecular flexibility index (Phi) is 7.84. The predicted octanol–water partition coefficient (Wildman–Crippen LogP) is 3.25. The molecule has 2 fully saturated rings. The Labute approximate surface area is 235 Å². The summed E-state index contributed by atoms with van der Waals surface area (Å²) in [6, 6.07) is 6.59. The molecule has 4 heterocycles. The van der Waals surface area contributed by atoms with E-state index in [-0.39, 0.29) is 36.2 Å². The monoisotopic (exact) mass is 553 g/mol. The van der Waals surface area contributed by atoms with E-state index in [0.717, 1.165) is 30.9 Å². The fourth-order valence-electron chi connectivity index (χ4n) is 6.74. The summed E-state index contributed by atoms with van der Waals surface area (Å²) in [5.41, 5.74) is 1.85. The van der Waals surface area contributed by atoms with Crippen molar-refractivity contribution in [3.8, 4) is 0 Å². The van der Waals surface area contributed by atoms with Gasteiger partial charge < -0.3 is 24.5 Å². The van der Waals surface area contributed by atoms with E-state index in [9.17, 15) is 19.5 Å². The maximum atomic E-state index is 14.6. The van der Waals surface area contributed by atoms with Crippen molar-refractivity contribution in [3.63, 3.8) is 0 Å². The Bertz CT molecular complexity index is 1170. The summed E-state index contributed by atoms with van der Waals surface area (Å²) < 4.78 is 4.53. The molecule has 5 rings (SSSR count). The van der Waals surface area contributed by atoms with Crippen molar-refractivity contribution in [1.82, 2.24) is 4.90 Å². The van der Waals surface area contributed by atoms with Crippen molar-refractivity contribution in [1.29, 1.82) is 0 Å². The van der Waals surface area contributed by atoms with Gasteiger partial charge in [0.25, 0.3) is 5.91 Å². The van der Waals surface area contributed by atoms with E-state index in [1.165, 1.54) is 11.8 Å². The molecule has 2 saturated heterocycles. The molecule has 4 aliphatic rings. The minimum Gasteiger partial charge on any atom is -0.461 e. The molecule has 1 aromatic carbocycles. The first-order valence-electron chi connectivity index (χ1n) is 14.1. The average molecular weight is 554 g/mol. The Morgan fingerprint density at radius 1 is 1.10 bits per heavy atom. The molecule has 4 aliphatic heterocycles. The van der Waals surface area contributed by atoms with Crippen LogP contribution in [0.5, 0.6) is 0 Å². The molecule has 1 aromatic rings. The van der Waals surface area contributed by atoms with Gasteiger partial charge in [-0.3, -0.25) is 14.4 Å². The number of rotatable bonds is 8. The highest BCUT2D eigenvalue weighted by Gasteiger charge is 2.72. The second kappa shape index (κ2) is 11.0. The molecule has 9 heteroatoms. The number of aliphatic hydroxyl groups is 1. The summed E-state index contributed by atoms with van der Waals surface area (Å²) in [6.45, 7) is 10.3. The van der Waals surface area contributed by atoms with E-state index in [1.54, 1.807) is 9.80 Å². The number of nitrogens with zero attached hydrogens (tertiary/aromatic N) is 3. The number of likely N-dealkylation sites (tertiary alicyclic amines) is 1. The number of thioether (sulfide) groups is 1. The maximum Gasteiger partial charge on any atom is 0.311 e. The van der Waals surface area contributed by atoms with Crippen LogP contribution >= 0.6 is 11.8 Å². The van der Waals surface area contributed by atoms with Gasteiger partial charge in [-0.15, -0.1) is 11.8 Å². The molecule has 1 N–H and O–H groups in total. The third kappa shape index (κ3) is 4.38. The van der Waals surface area contributed by atoms with Crippen LogP contribution in [-0.4, -0.2) is 82.7 Å². The number of esters is 1. The summed E-state index contributed by atoms with van der Waals surface area (Å²) in [7, 11) is 0. The number of cyclic esters (lactones) is 1. The van der Waals surface area contributed by atoms with Crippen molar-refractivity contribution in [2.45, 2.75) is 56.2 Å². The third-order valence-corrected chi connectivity index (χ3v) is 10.7. The van der Waals surface area contributed by atoms with Crippen molar-refractivity contribution >= 4 is 40.9 Å². The molecule has 8 nitrogen and oxygen atoms in total. The third-order valence-electron chi connectivity index (χ3n) is 8.99. The number of hydrogen-bond donors (Lipinski definition) is 1. The van der Waals surface area contributed by atoms with Gasteiger partial charge in [0, 0.05) is 36.3 Å². The average Bonchev–Trinajstić information content (AvgIpc) is 3.24. The van der Waals surface area contributed by atoms with Crippen LogP contribution in [-0.2, 0) is 19.1 Å². The molecule has 7 atom stereocenters. The highest BCUT2D eigenvalue weighted by Crippen LogP contribution is 2.61. The highest BCUT2D eigenvalue weighted by molar-refractivity contribution is 8.02. The molecular weight excluding hydrogens is 514 g/mol. The molecule has 0 radical (unpaired) electrons. The summed E-state index contributed by atoms with van der Waals surface area (Å²) in [5, 5.41) is 10.2. The smallest absolute Gasteiger partial charge is 0.311 e. The number of amides is 2. The molecule has 2 amide bonds. The number of anilines is 2. The van der Waals surface area contributed by atoms with Gasteiger partial charge in [-0.05, 0) is 44.0 Å². The number of ether oxygens (including phenoxy) is 1. The minimum atomic E-state index is -0.930. The number of hydrogen-bond acceptors (Lipinski definition) is 7. The van der Waals surface area contributed by atoms with Crippen molar-refractivity contribution in [2.75, 3.05) is 42.6 Å². The molecule has 0 aliphatic carbocycles. The van der Waals surface area contributed by atoms with Crippen molar-refractivity contribution in [2.24, 2.45) is 17.8 Å². The zero-order valence-electron chi connectivity index (χ0n) is 23.2. The Balaban J connectivity index is 1.60. The molecule has 0 saturated carbocycles. The predicted molar refractivity (Wildman–Crippen MR) is 154 cm³/mol. The molecule has 1 unspecified atom stereocenters. The lowest BCUT2D eigenvalue weighted by atomic mass is 9.78. The number of fused-ring (bicyclic) bond motifs is 2. The van der Waals surface area contributed by atoms with Gasteiger partial charge in [-0.1, -0.05) is 44.6 Å². The van der Waals surface area contributed by atoms with Gasteiger partial charge in [0.1, 0.15) is 12.6 Å². The van der Waals surface area contributed by atoms with Gasteiger partial charge in [0.15, 0.2) is 0 Å². The van der Waals surface area contributed by atoms with Crippen LogP contribution < -0.4 is 9.80 Å². The number of aliphatic hydroxyl groups excluding tert-OH is 1. The van der Waals surface area contributed by atoms with Gasteiger partial charge in [-0.2, -0.15) is 0 Å². The minimum absolute atomic E-state index is 0.0292. The number of benzene rings is 1. The van der Waals surface area contributed by atoms with E-state index in [0.29, 0.717) is 6.54 Å². The van der Waals surface area contributed by atoms with Gasteiger partial charge in [0.2, 0.25) is 5.91 Å². The number of carbonyl (C=O) groups is 3. The summed E-state index contributed by atoms with van der Waals surface area (Å²) in [5.74, 6) is -2.28. The van der Waals surface area contributed by atoms with E-state index in [1.807, 2.05) is 62.4 Å². The normalized spacial score (nSPS) is 31.3. The van der Waals surface area contributed by atoms with E-state index in [4.69, 9.17) is 4.74 Å². The van der Waals surface area contributed by atoms with Gasteiger partial charge >= 0.3 is 5.97 Å². The molecule has 1 spiro atoms. The summed E-state index contributed by atoms with van der Waals surface area (Å²) >= 11 is 1.52. The first-order valence-corrected chi connectivity index (χ1v) is 15.0. The first-order chi connectivity index (χ1) is 18.8. The molecule has 0 aromatic heterocycles. The van der Waals surface area contributed by atoms with Crippen LogP contribution in [0.15, 0.2) is 48.6 Å². The van der Waals surface area contributed by atoms with Crippen LogP contribution in [0.3, 0.4) is 0 Å². The van der Waals surface area contributed by atoms with Gasteiger partial charge in [0.05, 0.1) is 29.2 Å². The van der Waals surface area contributed by atoms with E-state index >= 15 is 0 Å². The van der Waals surface area contributed by atoms with Crippen LogP contribution in [0.4, 0.5) is 11.4 Å². The van der Waals surface area contributed by atoms with Gasteiger partial charge in [-0.25, -0.2) is 0 Å². The molecule has 0 bridgehead atoms. The van der Waals surface area contributed by atoms with Crippen LogP contribution in [0, 0.1) is 17.8 Å². The highest BCUT2D eigenvalue weighted by atomic mass is 32.2. The SMILES string of the molecule is CC[C@H](C)[C@H](CO)N1C(=O)[C@@H]2[C@@H]3C(=O)OCC=C[C@@H]3S[C@@]23C=CCN(c2ccc(N(CC)CC)cc2)C(=O)C13. The lowest BCUT2D eigenvalue weighted by Gasteiger charge is -2.40. The number of carbonyl (C=O) groups excluding carboxylic acids is 3. The first kappa shape index (κ1) is 27.8. The second-order valence-corrected chi connectivity index (χ2v) is 12.3. The van der Waals surface area contributed by atoms with Crippen molar-refractivity contribution < 1.29 is 24.2 Å². The zero-order chi connectivity index (χ0) is 27.9. The summed E-state index contributed by atoms with van der Waals surface area (Å²) in [6.07, 6.45) is 8.47. The largest absolute Gasteiger partial charge is 0.461 e. The van der Waals surface area contributed by atoms with Crippen molar-refractivity contribution in [3.05, 3.63) is 48.6 Å². The van der Waals surface area contributed by atoms with E-state index < -0.39 is 34.6 Å². The zero-order valence-corrected chi connectivity index (χ0v) is 24.0. The fourth-order valence-corrected chi connectivity index (χ4v) is 8.73. The summed E-state index contributed by atoms with van der Waals surface area (Å²) in [4.78, 5) is 47.7.